The summed E-state index contributed by atoms with van der Waals surface area (Å²) in [5.41, 5.74) is 1.20. The standard InChI is InChI=1S/C18H16F3NO/c1-11-6-2-5-9-16(11)22-17(23)14-10-13(14)12-7-3-4-8-15(12)18(19,20)21/h2-9,13-14H,10H2,1H3,(H,22,23). The number of aryl methyl sites for hydroxylation is 1. The molecule has 0 heterocycles. The van der Waals surface area contributed by atoms with E-state index in [2.05, 4.69) is 5.32 Å². The second-order valence-electron chi connectivity index (χ2n) is 5.84. The van der Waals surface area contributed by atoms with Gasteiger partial charge in [-0.1, -0.05) is 36.4 Å². The maximum atomic E-state index is 13.1. The fourth-order valence-electron chi connectivity index (χ4n) is 2.85. The number of carbonyl (C=O) groups is 1. The van der Waals surface area contributed by atoms with Gasteiger partial charge in [0.05, 0.1) is 5.56 Å². The lowest BCUT2D eigenvalue weighted by atomic mass is 10.0. The van der Waals surface area contributed by atoms with Crippen LogP contribution >= 0.6 is 0 Å². The molecule has 0 aromatic heterocycles. The lowest BCUT2D eigenvalue weighted by Gasteiger charge is -2.12. The zero-order valence-corrected chi connectivity index (χ0v) is 12.5. The van der Waals surface area contributed by atoms with E-state index in [1.165, 1.54) is 12.1 Å². The van der Waals surface area contributed by atoms with Crippen LogP contribution in [0.3, 0.4) is 0 Å². The van der Waals surface area contributed by atoms with Crippen LogP contribution in [0.5, 0.6) is 0 Å². The number of benzene rings is 2. The van der Waals surface area contributed by atoms with Gasteiger partial charge in [-0.05, 0) is 42.5 Å². The first-order valence-corrected chi connectivity index (χ1v) is 7.40. The van der Waals surface area contributed by atoms with Gasteiger partial charge in [0.15, 0.2) is 0 Å². The van der Waals surface area contributed by atoms with E-state index in [-0.39, 0.29) is 17.4 Å². The van der Waals surface area contributed by atoms with Crippen molar-refractivity contribution in [3.63, 3.8) is 0 Å². The van der Waals surface area contributed by atoms with Crippen LogP contribution in [0.1, 0.15) is 29.0 Å². The summed E-state index contributed by atoms with van der Waals surface area (Å²) >= 11 is 0. The average Bonchev–Trinajstić information content (AvgIpc) is 3.29. The van der Waals surface area contributed by atoms with Gasteiger partial charge in [-0.2, -0.15) is 13.2 Å². The molecule has 1 aliphatic rings. The molecular formula is C18H16F3NO. The Kier molecular flexibility index (Phi) is 3.88. The Labute approximate surface area is 132 Å². The van der Waals surface area contributed by atoms with Crippen molar-refractivity contribution < 1.29 is 18.0 Å². The van der Waals surface area contributed by atoms with Crippen molar-refractivity contribution in [1.29, 1.82) is 0 Å². The minimum absolute atomic E-state index is 0.213. The summed E-state index contributed by atoms with van der Waals surface area (Å²) in [6.07, 6.45) is -3.94. The van der Waals surface area contributed by atoms with E-state index in [9.17, 15) is 18.0 Å². The number of amides is 1. The molecule has 1 saturated carbocycles. The number of anilines is 1. The van der Waals surface area contributed by atoms with Crippen LogP contribution in [0.25, 0.3) is 0 Å². The summed E-state index contributed by atoms with van der Waals surface area (Å²) in [6, 6.07) is 12.8. The Balaban J connectivity index is 1.75. The van der Waals surface area contributed by atoms with Crippen molar-refractivity contribution in [3.05, 3.63) is 65.2 Å². The van der Waals surface area contributed by atoms with Crippen LogP contribution in [0.2, 0.25) is 0 Å². The molecule has 2 atom stereocenters. The largest absolute Gasteiger partial charge is 0.416 e. The normalized spacial score (nSPS) is 20.2. The van der Waals surface area contributed by atoms with E-state index < -0.39 is 17.7 Å². The van der Waals surface area contributed by atoms with Crippen molar-refractivity contribution >= 4 is 11.6 Å². The van der Waals surface area contributed by atoms with E-state index in [0.717, 1.165) is 11.6 Å². The molecule has 0 radical (unpaired) electrons. The zero-order valence-electron chi connectivity index (χ0n) is 12.5. The molecule has 2 nitrogen and oxygen atoms in total. The van der Waals surface area contributed by atoms with E-state index in [0.29, 0.717) is 12.1 Å². The van der Waals surface area contributed by atoms with E-state index in [1.807, 2.05) is 25.1 Å². The molecule has 0 aliphatic heterocycles. The molecular weight excluding hydrogens is 303 g/mol. The molecule has 5 heteroatoms. The third-order valence-corrected chi connectivity index (χ3v) is 4.20. The fraction of sp³-hybridized carbons (Fsp3) is 0.278. The zero-order chi connectivity index (χ0) is 16.6. The lowest BCUT2D eigenvalue weighted by molar-refractivity contribution is -0.138. The first-order chi connectivity index (χ1) is 10.9. The first-order valence-electron chi connectivity index (χ1n) is 7.40. The van der Waals surface area contributed by atoms with Crippen molar-refractivity contribution in [2.24, 2.45) is 5.92 Å². The van der Waals surface area contributed by atoms with Crippen molar-refractivity contribution in [2.45, 2.75) is 25.4 Å². The van der Waals surface area contributed by atoms with Gasteiger partial charge in [-0.15, -0.1) is 0 Å². The third-order valence-electron chi connectivity index (χ3n) is 4.20. The quantitative estimate of drug-likeness (QED) is 0.868. The number of alkyl halides is 3. The molecule has 1 aliphatic carbocycles. The van der Waals surface area contributed by atoms with Crippen LogP contribution in [0.15, 0.2) is 48.5 Å². The molecule has 1 fully saturated rings. The van der Waals surface area contributed by atoms with Crippen LogP contribution in [-0.4, -0.2) is 5.91 Å². The summed E-state index contributed by atoms with van der Waals surface area (Å²) in [7, 11) is 0. The molecule has 120 valence electrons. The van der Waals surface area contributed by atoms with Gasteiger partial charge in [0.2, 0.25) is 5.91 Å². The molecule has 2 unspecified atom stereocenters. The van der Waals surface area contributed by atoms with Crippen LogP contribution < -0.4 is 5.32 Å². The third kappa shape index (κ3) is 3.23. The predicted molar refractivity (Wildman–Crippen MR) is 82.1 cm³/mol. The second kappa shape index (κ2) is 5.72. The summed E-state index contributed by atoms with van der Waals surface area (Å²) in [5.74, 6) is -0.990. The minimum Gasteiger partial charge on any atom is -0.326 e. The highest BCUT2D eigenvalue weighted by atomic mass is 19.4. The topological polar surface area (TPSA) is 29.1 Å². The fourth-order valence-corrected chi connectivity index (χ4v) is 2.85. The van der Waals surface area contributed by atoms with E-state index in [4.69, 9.17) is 0 Å². The summed E-state index contributed by atoms with van der Waals surface area (Å²) < 4.78 is 39.2. The first kappa shape index (κ1) is 15.6. The number of hydrogen-bond donors (Lipinski definition) is 1. The summed E-state index contributed by atoms with van der Waals surface area (Å²) in [5, 5.41) is 2.81. The number of nitrogens with one attached hydrogen (secondary N) is 1. The van der Waals surface area contributed by atoms with Gasteiger partial charge in [-0.25, -0.2) is 0 Å². The van der Waals surface area contributed by atoms with Crippen LogP contribution in [0, 0.1) is 12.8 Å². The Morgan fingerprint density at radius 3 is 2.43 bits per heavy atom. The highest BCUT2D eigenvalue weighted by Gasteiger charge is 2.47. The Bertz CT molecular complexity index is 739. The summed E-state index contributed by atoms with van der Waals surface area (Å²) in [4.78, 5) is 12.3. The number of para-hydroxylation sites is 1. The molecule has 2 aromatic carbocycles. The molecule has 3 rings (SSSR count). The van der Waals surface area contributed by atoms with Crippen molar-refractivity contribution in [3.8, 4) is 0 Å². The predicted octanol–water partition coefficient (Wildman–Crippen LogP) is 4.76. The van der Waals surface area contributed by atoms with E-state index in [1.54, 1.807) is 12.1 Å². The van der Waals surface area contributed by atoms with Gasteiger partial charge >= 0.3 is 6.18 Å². The van der Waals surface area contributed by atoms with E-state index >= 15 is 0 Å². The highest BCUT2D eigenvalue weighted by molar-refractivity contribution is 5.95. The molecule has 1 N–H and O–H groups in total. The Morgan fingerprint density at radius 2 is 1.74 bits per heavy atom. The maximum Gasteiger partial charge on any atom is 0.416 e. The molecule has 0 bridgehead atoms. The maximum absolute atomic E-state index is 13.1. The van der Waals surface area contributed by atoms with Gasteiger partial charge < -0.3 is 5.32 Å². The Morgan fingerprint density at radius 1 is 1.09 bits per heavy atom. The van der Waals surface area contributed by atoms with Gasteiger partial charge in [0.1, 0.15) is 0 Å². The molecule has 0 spiro atoms. The van der Waals surface area contributed by atoms with Gasteiger partial charge in [0.25, 0.3) is 0 Å². The minimum atomic E-state index is -4.39. The lowest BCUT2D eigenvalue weighted by Crippen LogP contribution is -2.16. The second-order valence-corrected chi connectivity index (χ2v) is 5.84. The van der Waals surface area contributed by atoms with Crippen LogP contribution in [-0.2, 0) is 11.0 Å². The Hall–Kier alpha value is -2.30. The van der Waals surface area contributed by atoms with Gasteiger partial charge in [-0.3, -0.25) is 4.79 Å². The number of hydrogen-bond acceptors (Lipinski definition) is 1. The number of halogens is 3. The molecule has 0 saturated heterocycles. The van der Waals surface area contributed by atoms with Crippen molar-refractivity contribution in [1.82, 2.24) is 0 Å². The SMILES string of the molecule is Cc1ccccc1NC(=O)C1CC1c1ccccc1C(F)(F)F. The molecule has 23 heavy (non-hydrogen) atoms. The van der Waals surface area contributed by atoms with Gasteiger partial charge in [0, 0.05) is 11.6 Å². The number of carbonyl (C=O) groups excluding carboxylic acids is 1. The number of rotatable bonds is 3. The smallest absolute Gasteiger partial charge is 0.326 e. The molecule has 1 amide bonds. The monoisotopic (exact) mass is 319 g/mol. The van der Waals surface area contributed by atoms with Crippen molar-refractivity contribution in [2.75, 3.05) is 5.32 Å². The van der Waals surface area contributed by atoms with Crippen LogP contribution in [0.4, 0.5) is 18.9 Å². The summed E-state index contributed by atoms with van der Waals surface area (Å²) in [6.45, 7) is 1.87. The average molecular weight is 319 g/mol. The highest BCUT2D eigenvalue weighted by Crippen LogP contribution is 2.51. The molecule has 2 aromatic rings.